The van der Waals surface area contributed by atoms with Crippen LogP contribution in [0.3, 0.4) is 0 Å². The molecule has 0 bridgehead atoms. The summed E-state index contributed by atoms with van der Waals surface area (Å²) in [5, 5.41) is 2.90. The molecule has 0 aromatic heterocycles. The largest absolute Gasteiger partial charge is 0.495 e. The number of piperidine rings is 1. The van der Waals surface area contributed by atoms with Crippen molar-refractivity contribution in [1.29, 1.82) is 0 Å². The maximum absolute atomic E-state index is 12.3. The van der Waals surface area contributed by atoms with Gasteiger partial charge in [0.2, 0.25) is 5.91 Å². The first-order valence-corrected chi connectivity index (χ1v) is 7.47. The zero-order valence-electron chi connectivity index (χ0n) is 13.1. The summed E-state index contributed by atoms with van der Waals surface area (Å²) < 4.78 is 5.25. The van der Waals surface area contributed by atoms with Crippen molar-refractivity contribution in [2.24, 2.45) is 5.92 Å². The number of anilines is 2. The van der Waals surface area contributed by atoms with Crippen molar-refractivity contribution in [3.8, 4) is 5.75 Å². The molecule has 3 N–H and O–H groups in total. The molecule has 2 unspecified atom stereocenters. The number of amides is 1. The lowest BCUT2D eigenvalue weighted by molar-refractivity contribution is -0.118. The van der Waals surface area contributed by atoms with Crippen molar-refractivity contribution in [3.05, 3.63) is 18.2 Å². The number of carbonyl (C=O) groups is 1. The summed E-state index contributed by atoms with van der Waals surface area (Å²) in [6, 6.07) is 5.69. The summed E-state index contributed by atoms with van der Waals surface area (Å²) in [5.74, 6) is 1.24. The van der Waals surface area contributed by atoms with E-state index in [0.29, 0.717) is 35.6 Å². The number of nitrogen functional groups attached to an aromatic ring is 1. The van der Waals surface area contributed by atoms with Gasteiger partial charge in [-0.15, -0.1) is 0 Å². The molecule has 1 aromatic rings. The van der Waals surface area contributed by atoms with Crippen LogP contribution < -0.4 is 15.8 Å². The van der Waals surface area contributed by atoms with E-state index < -0.39 is 0 Å². The highest BCUT2D eigenvalue weighted by Gasteiger charge is 2.24. The highest BCUT2D eigenvalue weighted by molar-refractivity contribution is 5.94. The van der Waals surface area contributed by atoms with E-state index in [-0.39, 0.29) is 5.91 Å². The molecule has 1 aromatic carbocycles. The number of methoxy groups -OCH3 is 1. The van der Waals surface area contributed by atoms with E-state index in [4.69, 9.17) is 10.5 Å². The number of carbonyl (C=O) groups excluding carboxylic acids is 1. The fraction of sp³-hybridized carbons (Fsp3) is 0.562. The number of hydrogen-bond acceptors (Lipinski definition) is 4. The Morgan fingerprint density at radius 2 is 2.19 bits per heavy atom. The monoisotopic (exact) mass is 291 g/mol. The van der Waals surface area contributed by atoms with Crippen molar-refractivity contribution >= 4 is 17.3 Å². The molecule has 0 spiro atoms. The molecule has 5 nitrogen and oxygen atoms in total. The lowest BCUT2D eigenvalue weighted by atomic mass is 9.95. The van der Waals surface area contributed by atoms with Crippen LogP contribution >= 0.6 is 0 Å². The van der Waals surface area contributed by atoms with Crippen LogP contribution in [0.25, 0.3) is 0 Å². The molecule has 0 aliphatic carbocycles. The smallest absolute Gasteiger partial charge is 0.238 e. The van der Waals surface area contributed by atoms with Crippen LogP contribution in [0.1, 0.15) is 26.7 Å². The summed E-state index contributed by atoms with van der Waals surface area (Å²) in [4.78, 5) is 14.5. The molecule has 1 aliphatic rings. The topological polar surface area (TPSA) is 67.6 Å². The van der Waals surface area contributed by atoms with E-state index in [1.165, 1.54) is 6.42 Å². The van der Waals surface area contributed by atoms with E-state index in [9.17, 15) is 4.79 Å². The first kappa shape index (κ1) is 15.6. The second-order valence-corrected chi connectivity index (χ2v) is 5.97. The van der Waals surface area contributed by atoms with Crippen molar-refractivity contribution in [1.82, 2.24) is 4.90 Å². The zero-order valence-corrected chi connectivity index (χ0v) is 13.1. The maximum Gasteiger partial charge on any atom is 0.238 e. The minimum atomic E-state index is -0.0279. The van der Waals surface area contributed by atoms with Crippen LogP contribution in [0, 0.1) is 5.92 Å². The van der Waals surface area contributed by atoms with Crippen LogP contribution in [0.4, 0.5) is 11.4 Å². The fourth-order valence-electron chi connectivity index (χ4n) is 2.80. The van der Waals surface area contributed by atoms with Gasteiger partial charge in [-0.05, 0) is 43.9 Å². The lowest BCUT2D eigenvalue weighted by Crippen LogP contribution is -2.45. The van der Waals surface area contributed by atoms with Crippen LogP contribution in [0.5, 0.6) is 5.75 Å². The zero-order chi connectivity index (χ0) is 15.4. The van der Waals surface area contributed by atoms with Crippen LogP contribution in [0.2, 0.25) is 0 Å². The van der Waals surface area contributed by atoms with Crippen LogP contribution in [-0.4, -0.2) is 37.0 Å². The van der Waals surface area contributed by atoms with Crippen LogP contribution in [-0.2, 0) is 4.79 Å². The number of benzene rings is 1. The maximum atomic E-state index is 12.3. The van der Waals surface area contributed by atoms with E-state index in [1.54, 1.807) is 25.3 Å². The summed E-state index contributed by atoms with van der Waals surface area (Å²) >= 11 is 0. The third-order valence-corrected chi connectivity index (χ3v) is 4.09. The standard InChI is InChI=1S/C16H25N3O2/c1-11-4-5-12(2)19(9-11)10-16(20)18-14-8-13(17)6-7-15(14)21-3/h6-8,11-12H,4-5,9-10,17H2,1-3H3,(H,18,20). The minimum Gasteiger partial charge on any atom is -0.495 e. The molecule has 0 radical (unpaired) electrons. The third kappa shape index (κ3) is 4.11. The number of nitrogens with zero attached hydrogens (tertiary/aromatic N) is 1. The average Bonchev–Trinajstić information content (AvgIpc) is 2.43. The second-order valence-electron chi connectivity index (χ2n) is 5.97. The highest BCUT2D eigenvalue weighted by atomic mass is 16.5. The number of likely N-dealkylation sites (tertiary alicyclic amines) is 1. The molecule has 1 aliphatic heterocycles. The Bertz CT molecular complexity index is 504. The summed E-state index contributed by atoms with van der Waals surface area (Å²) in [6.45, 7) is 5.80. The first-order valence-electron chi connectivity index (χ1n) is 7.47. The minimum absolute atomic E-state index is 0.0279. The van der Waals surface area contributed by atoms with Gasteiger partial charge in [0, 0.05) is 18.3 Å². The molecule has 21 heavy (non-hydrogen) atoms. The van der Waals surface area contributed by atoms with Crippen molar-refractivity contribution < 1.29 is 9.53 Å². The van der Waals surface area contributed by atoms with E-state index >= 15 is 0 Å². The normalized spacial score (nSPS) is 22.8. The third-order valence-electron chi connectivity index (χ3n) is 4.09. The summed E-state index contributed by atoms with van der Waals surface area (Å²) in [7, 11) is 1.58. The van der Waals surface area contributed by atoms with E-state index in [0.717, 1.165) is 13.0 Å². The fourth-order valence-corrected chi connectivity index (χ4v) is 2.80. The Balaban J connectivity index is 2.00. The predicted octanol–water partition coefficient (Wildman–Crippen LogP) is 2.34. The van der Waals surface area contributed by atoms with Gasteiger partial charge in [-0.2, -0.15) is 0 Å². The number of nitrogens with two attached hydrogens (primary N) is 1. The number of ether oxygens (including phenoxy) is 1. The second kappa shape index (κ2) is 6.80. The Morgan fingerprint density at radius 1 is 1.43 bits per heavy atom. The Kier molecular flexibility index (Phi) is 5.07. The Labute approximate surface area is 126 Å². The van der Waals surface area contributed by atoms with Gasteiger partial charge in [-0.25, -0.2) is 0 Å². The molecule has 1 saturated heterocycles. The van der Waals surface area contributed by atoms with Crippen molar-refractivity contribution in [2.75, 3.05) is 31.2 Å². The Morgan fingerprint density at radius 3 is 2.90 bits per heavy atom. The predicted molar refractivity (Wildman–Crippen MR) is 85.5 cm³/mol. The first-order chi connectivity index (χ1) is 9.99. The number of nitrogens with one attached hydrogen (secondary N) is 1. The molecular formula is C16H25N3O2. The average molecular weight is 291 g/mol. The molecule has 116 valence electrons. The number of rotatable bonds is 4. The SMILES string of the molecule is COc1ccc(N)cc1NC(=O)CN1CC(C)CCC1C. The van der Waals surface area contributed by atoms with Gasteiger partial charge in [0.15, 0.2) is 0 Å². The van der Waals surface area contributed by atoms with Crippen LogP contribution in [0.15, 0.2) is 18.2 Å². The van der Waals surface area contributed by atoms with Gasteiger partial charge in [-0.1, -0.05) is 6.92 Å². The quantitative estimate of drug-likeness (QED) is 0.836. The molecule has 1 amide bonds. The molecule has 5 heteroatoms. The Hall–Kier alpha value is -1.75. The van der Waals surface area contributed by atoms with Crippen molar-refractivity contribution in [2.45, 2.75) is 32.7 Å². The molecular weight excluding hydrogens is 266 g/mol. The summed E-state index contributed by atoms with van der Waals surface area (Å²) in [6.07, 6.45) is 2.39. The van der Waals surface area contributed by atoms with Gasteiger partial charge < -0.3 is 15.8 Å². The van der Waals surface area contributed by atoms with Gasteiger partial charge >= 0.3 is 0 Å². The van der Waals surface area contributed by atoms with Crippen molar-refractivity contribution in [3.63, 3.8) is 0 Å². The summed E-state index contributed by atoms with van der Waals surface area (Å²) in [5.41, 5.74) is 6.99. The van der Waals surface area contributed by atoms with E-state index in [2.05, 4.69) is 24.1 Å². The number of hydrogen-bond donors (Lipinski definition) is 2. The molecule has 2 rings (SSSR count). The van der Waals surface area contributed by atoms with Gasteiger partial charge in [0.1, 0.15) is 5.75 Å². The van der Waals surface area contributed by atoms with E-state index in [1.807, 2.05) is 0 Å². The highest BCUT2D eigenvalue weighted by Crippen LogP contribution is 2.27. The van der Waals surface area contributed by atoms with Gasteiger partial charge in [0.05, 0.1) is 19.3 Å². The van der Waals surface area contributed by atoms with Gasteiger partial charge in [0.25, 0.3) is 0 Å². The van der Waals surface area contributed by atoms with Gasteiger partial charge in [-0.3, -0.25) is 9.69 Å². The molecule has 1 fully saturated rings. The molecule has 0 saturated carbocycles. The molecule has 2 atom stereocenters. The molecule has 1 heterocycles. The lowest BCUT2D eigenvalue weighted by Gasteiger charge is -2.36.